The molecule has 0 aliphatic carbocycles. The summed E-state index contributed by atoms with van der Waals surface area (Å²) >= 11 is 11.7. The molecular formula is C18H14Cl2N2O2. The van der Waals surface area contributed by atoms with Gasteiger partial charge in [-0.3, -0.25) is 4.79 Å². The summed E-state index contributed by atoms with van der Waals surface area (Å²) < 4.78 is 5.40. The Bertz CT molecular complexity index is 826. The van der Waals surface area contributed by atoms with Crippen LogP contribution in [-0.2, 0) is 4.79 Å². The number of anilines is 1. The van der Waals surface area contributed by atoms with Crippen LogP contribution >= 0.6 is 23.2 Å². The van der Waals surface area contributed by atoms with Gasteiger partial charge in [0.2, 0.25) is 0 Å². The maximum absolute atomic E-state index is 12.2. The van der Waals surface area contributed by atoms with Crippen LogP contribution in [-0.4, -0.2) is 12.5 Å². The third-order valence-corrected chi connectivity index (χ3v) is 3.76. The van der Waals surface area contributed by atoms with Crippen LogP contribution in [0.15, 0.2) is 48.0 Å². The van der Waals surface area contributed by atoms with Gasteiger partial charge in [0.15, 0.2) is 0 Å². The van der Waals surface area contributed by atoms with Crippen molar-refractivity contribution in [2.45, 2.75) is 6.92 Å². The molecule has 0 saturated carbocycles. The number of ether oxygens (including phenoxy) is 1. The summed E-state index contributed by atoms with van der Waals surface area (Å²) in [5, 5.41) is 12.6. The first-order valence-electron chi connectivity index (χ1n) is 7.14. The lowest BCUT2D eigenvalue weighted by molar-refractivity contribution is -0.112. The van der Waals surface area contributed by atoms with E-state index in [0.29, 0.717) is 33.7 Å². The van der Waals surface area contributed by atoms with Gasteiger partial charge in [0.05, 0.1) is 16.7 Å². The zero-order valence-corrected chi connectivity index (χ0v) is 14.4. The van der Waals surface area contributed by atoms with Crippen molar-refractivity contribution >= 4 is 40.9 Å². The van der Waals surface area contributed by atoms with E-state index >= 15 is 0 Å². The number of carbonyl (C=O) groups excluding carboxylic acids is 1. The number of amides is 1. The van der Waals surface area contributed by atoms with E-state index in [2.05, 4.69) is 5.32 Å². The molecule has 0 aliphatic heterocycles. The Kier molecular flexibility index (Phi) is 6.25. The van der Waals surface area contributed by atoms with Crippen LogP contribution in [0.5, 0.6) is 5.75 Å². The van der Waals surface area contributed by atoms with E-state index in [1.165, 1.54) is 12.1 Å². The van der Waals surface area contributed by atoms with Gasteiger partial charge in [0.25, 0.3) is 5.91 Å². The molecule has 0 bridgehead atoms. The van der Waals surface area contributed by atoms with E-state index in [1.807, 2.05) is 19.1 Å². The van der Waals surface area contributed by atoms with Gasteiger partial charge in [-0.25, -0.2) is 0 Å². The van der Waals surface area contributed by atoms with Gasteiger partial charge in [0.1, 0.15) is 17.4 Å². The van der Waals surface area contributed by atoms with Crippen molar-refractivity contribution in [1.82, 2.24) is 0 Å². The van der Waals surface area contributed by atoms with Crippen LogP contribution < -0.4 is 10.1 Å². The second-order valence-electron chi connectivity index (χ2n) is 4.76. The van der Waals surface area contributed by atoms with Gasteiger partial charge < -0.3 is 10.1 Å². The molecule has 0 saturated heterocycles. The number of nitrogens with zero attached hydrogens (tertiary/aromatic N) is 1. The Balaban J connectivity index is 2.20. The second-order valence-corrected chi connectivity index (χ2v) is 5.57. The number of hydrogen-bond acceptors (Lipinski definition) is 3. The Morgan fingerprint density at radius 1 is 1.25 bits per heavy atom. The maximum Gasteiger partial charge on any atom is 0.266 e. The number of rotatable bonds is 5. The van der Waals surface area contributed by atoms with Crippen LogP contribution in [0, 0.1) is 11.3 Å². The van der Waals surface area contributed by atoms with Crippen molar-refractivity contribution < 1.29 is 9.53 Å². The number of benzene rings is 2. The van der Waals surface area contributed by atoms with Gasteiger partial charge in [-0.15, -0.1) is 0 Å². The van der Waals surface area contributed by atoms with Gasteiger partial charge in [-0.2, -0.15) is 5.26 Å². The summed E-state index contributed by atoms with van der Waals surface area (Å²) in [4.78, 5) is 12.2. The van der Waals surface area contributed by atoms with Crippen LogP contribution in [0.1, 0.15) is 12.5 Å². The fourth-order valence-electron chi connectivity index (χ4n) is 1.95. The van der Waals surface area contributed by atoms with Gasteiger partial charge >= 0.3 is 0 Å². The minimum Gasteiger partial charge on any atom is -0.494 e. The third kappa shape index (κ3) is 4.76. The Morgan fingerprint density at radius 2 is 2.04 bits per heavy atom. The minimum atomic E-state index is -0.530. The first-order valence-corrected chi connectivity index (χ1v) is 7.90. The summed E-state index contributed by atoms with van der Waals surface area (Å²) in [6, 6.07) is 13.7. The zero-order chi connectivity index (χ0) is 17.5. The molecule has 0 heterocycles. The summed E-state index contributed by atoms with van der Waals surface area (Å²) in [7, 11) is 0. The first-order chi connectivity index (χ1) is 11.5. The van der Waals surface area contributed by atoms with Crippen molar-refractivity contribution in [1.29, 1.82) is 5.26 Å². The molecule has 0 unspecified atom stereocenters. The van der Waals surface area contributed by atoms with Crippen LogP contribution in [0.4, 0.5) is 5.69 Å². The number of halogens is 2. The molecule has 0 radical (unpaired) electrons. The largest absolute Gasteiger partial charge is 0.494 e. The lowest BCUT2D eigenvalue weighted by atomic mass is 10.1. The number of nitrogens with one attached hydrogen (secondary N) is 1. The quantitative estimate of drug-likeness (QED) is 0.606. The van der Waals surface area contributed by atoms with Crippen molar-refractivity contribution in [3.8, 4) is 11.8 Å². The summed E-state index contributed by atoms with van der Waals surface area (Å²) in [5.41, 5.74) is 1.12. The fourth-order valence-corrected chi connectivity index (χ4v) is 2.25. The average molecular weight is 361 g/mol. The van der Waals surface area contributed by atoms with E-state index in [9.17, 15) is 10.1 Å². The molecule has 2 aromatic rings. The lowest BCUT2D eigenvalue weighted by Gasteiger charge is -2.06. The average Bonchev–Trinajstić information content (AvgIpc) is 2.56. The smallest absolute Gasteiger partial charge is 0.266 e. The maximum atomic E-state index is 12.2. The van der Waals surface area contributed by atoms with E-state index in [1.54, 1.807) is 30.3 Å². The molecule has 6 heteroatoms. The van der Waals surface area contributed by atoms with E-state index < -0.39 is 5.91 Å². The molecule has 1 amide bonds. The molecule has 0 fully saturated rings. The van der Waals surface area contributed by atoms with Crippen molar-refractivity contribution in [3.05, 3.63) is 63.6 Å². The van der Waals surface area contributed by atoms with E-state index in [4.69, 9.17) is 27.9 Å². The SMILES string of the molecule is CCOc1cccc(/C=C(\C#N)C(=O)Nc2ccc(Cl)c(Cl)c2)c1. The second kappa shape index (κ2) is 8.39. The highest BCUT2D eigenvalue weighted by Gasteiger charge is 2.10. The third-order valence-electron chi connectivity index (χ3n) is 3.02. The normalized spacial score (nSPS) is 10.8. The highest BCUT2D eigenvalue weighted by molar-refractivity contribution is 6.42. The van der Waals surface area contributed by atoms with Crippen LogP contribution in [0.2, 0.25) is 10.0 Å². The van der Waals surface area contributed by atoms with Gasteiger partial charge in [-0.05, 0) is 48.9 Å². The minimum absolute atomic E-state index is 0.0327. The molecule has 0 atom stereocenters. The molecule has 24 heavy (non-hydrogen) atoms. The van der Waals surface area contributed by atoms with Crippen molar-refractivity contribution in [2.24, 2.45) is 0 Å². The Labute approximate surface area is 150 Å². The molecule has 0 aliphatic rings. The standard InChI is InChI=1S/C18H14Cl2N2O2/c1-2-24-15-5-3-4-12(9-15)8-13(11-21)18(23)22-14-6-7-16(19)17(20)10-14/h3-10H,2H2,1H3,(H,22,23)/b13-8+. The highest BCUT2D eigenvalue weighted by Crippen LogP contribution is 2.25. The molecule has 4 nitrogen and oxygen atoms in total. The fraction of sp³-hybridized carbons (Fsp3) is 0.111. The topological polar surface area (TPSA) is 62.1 Å². The predicted molar refractivity (Wildman–Crippen MR) is 96.3 cm³/mol. The van der Waals surface area contributed by atoms with Gasteiger partial charge in [0, 0.05) is 5.69 Å². The molecular weight excluding hydrogens is 347 g/mol. The van der Waals surface area contributed by atoms with Crippen LogP contribution in [0.3, 0.4) is 0 Å². The molecule has 0 aromatic heterocycles. The Hall–Kier alpha value is -2.48. The summed E-state index contributed by atoms with van der Waals surface area (Å²) in [6.07, 6.45) is 1.50. The van der Waals surface area contributed by atoms with Gasteiger partial charge in [-0.1, -0.05) is 35.3 Å². The molecule has 122 valence electrons. The van der Waals surface area contributed by atoms with E-state index in [0.717, 1.165) is 0 Å². The van der Waals surface area contributed by atoms with Crippen molar-refractivity contribution in [2.75, 3.05) is 11.9 Å². The molecule has 2 rings (SSSR count). The monoisotopic (exact) mass is 360 g/mol. The molecule has 2 aromatic carbocycles. The number of carbonyl (C=O) groups is 1. The molecule has 1 N–H and O–H groups in total. The molecule has 0 spiro atoms. The highest BCUT2D eigenvalue weighted by atomic mass is 35.5. The van der Waals surface area contributed by atoms with Crippen LogP contribution in [0.25, 0.3) is 6.08 Å². The summed E-state index contributed by atoms with van der Waals surface area (Å²) in [6.45, 7) is 2.42. The first kappa shape index (κ1) is 17.9. The summed E-state index contributed by atoms with van der Waals surface area (Å²) in [5.74, 6) is 0.145. The van der Waals surface area contributed by atoms with Crippen molar-refractivity contribution in [3.63, 3.8) is 0 Å². The Morgan fingerprint density at radius 3 is 2.71 bits per heavy atom. The zero-order valence-electron chi connectivity index (χ0n) is 12.8. The predicted octanol–water partition coefficient (Wildman–Crippen LogP) is 4.94. The van der Waals surface area contributed by atoms with E-state index in [-0.39, 0.29) is 5.57 Å². The lowest BCUT2D eigenvalue weighted by Crippen LogP contribution is -2.13. The number of nitriles is 1. The number of hydrogen-bond donors (Lipinski definition) is 1.